The van der Waals surface area contributed by atoms with Gasteiger partial charge in [0.1, 0.15) is 11.4 Å². The molecule has 0 aliphatic rings. The molecule has 0 unspecified atom stereocenters. The maximum absolute atomic E-state index is 4.20. The molecule has 90 valence electrons. The second-order valence-corrected chi connectivity index (χ2v) is 3.91. The molecule has 2 aromatic heterocycles. The van der Waals surface area contributed by atoms with Gasteiger partial charge in [0.05, 0.1) is 6.54 Å². The zero-order valence-corrected chi connectivity index (χ0v) is 9.74. The van der Waals surface area contributed by atoms with Crippen LogP contribution in [-0.4, -0.2) is 20.1 Å². The molecular weight excluding hydrogens is 226 g/mol. The summed E-state index contributed by atoms with van der Waals surface area (Å²) in [4.78, 5) is 0. The van der Waals surface area contributed by atoms with Crippen LogP contribution in [0, 0.1) is 0 Å². The van der Waals surface area contributed by atoms with Crippen molar-refractivity contribution in [3.05, 3.63) is 60.6 Å². The first-order chi connectivity index (χ1) is 8.93. The topological polar surface area (TPSA) is 58.5 Å². The molecule has 5 heteroatoms. The first-order valence-electron chi connectivity index (χ1n) is 5.75. The van der Waals surface area contributed by atoms with Crippen LogP contribution in [-0.2, 0) is 6.54 Å². The van der Waals surface area contributed by atoms with Crippen LogP contribution in [0.1, 0.15) is 5.69 Å². The van der Waals surface area contributed by atoms with Gasteiger partial charge in [0.15, 0.2) is 0 Å². The minimum Gasteiger partial charge on any atom is -0.320 e. The number of rotatable bonds is 4. The Morgan fingerprint density at radius 1 is 1.00 bits per heavy atom. The van der Waals surface area contributed by atoms with Crippen molar-refractivity contribution >= 4 is 0 Å². The maximum atomic E-state index is 4.20. The van der Waals surface area contributed by atoms with Crippen LogP contribution in [0.15, 0.2) is 54.9 Å². The van der Waals surface area contributed by atoms with Gasteiger partial charge in [-0.1, -0.05) is 30.3 Å². The van der Waals surface area contributed by atoms with Crippen molar-refractivity contribution in [2.45, 2.75) is 6.54 Å². The van der Waals surface area contributed by atoms with Crippen molar-refractivity contribution in [1.29, 1.82) is 0 Å². The Labute approximate surface area is 104 Å². The van der Waals surface area contributed by atoms with E-state index in [0.29, 0.717) is 6.54 Å². The molecule has 18 heavy (non-hydrogen) atoms. The highest BCUT2D eigenvalue weighted by molar-refractivity contribution is 5.60. The van der Waals surface area contributed by atoms with Gasteiger partial charge < -0.3 is 5.43 Å². The Morgan fingerprint density at radius 2 is 1.78 bits per heavy atom. The number of nitrogens with zero attached hydrogens (tertiary/aromatic N) is 3. The summed E-state index contributed by atoms with van der Waals surface area (Å²) < 4.78 is 1.89. The van der Waals surface area contributed by atoms with E-state index in [-0.39, 0.29) is 0 Å². The van der Waals surface area contributed by atoms with Gasteiger partial charge in [-0.05, 0) is 12.1 Å². The molecule has 0 aliphatic heterocycles. The number of hydrogen-bond acceptors (Lipinski definition) is 3. The Morgan fingerprint density at radius 3 is 2.56 bits per heavy atom. The molecule has 0 radical (unpaired) electrons. The molecule has 5 nitrogen and oxygen atoms in total. The molecule has 0 spiro atoms. The van der Waals surface area contributed by atoms with Crippen molar-refractivity contribution in [2.75, 3.05) is 5.43 Å². The van der Waals surface area contributed by atoms with E-state index >= 15 is 0 Å². The molecule has 0 saturated carbocycles. The van der Waals surface area contributed by atoms with E-state index in [9.17, 15) is 0 Å². The molecule has 2 N–H and O–H groups in total. The summed E-state index contributed by atoms with van der Waals surface area (Å²) in [6, 6.07) is 14.0. The Bertz CT molecular complexity index is 597. The number of aromatic nitrogens is 4. The van der Waals surface area contributed by atoms with Crippen LogP contribution in [0.3, 0.4) is 0 Å². The van der Waals surface area contributed by atoms with Gasteiger partial charge in [-0.25, -0.2) is 0 Å². The summed E-state index contributed by atoms with van der Waals surface area (Å²) >= 11 is 0. The summed E-state index contributed by atoms with van der Waals surface area (Å²) in [5.41, 5.74) is 6.08. The SMILES string of the molecule is c1ccc(-c2n[nH]nc2CNn2cccc2)cc1. The lowest BCUT2D eigenvalue weighted by Crippen LogP contribution is -2.12. The fourth-order valence-electron chi connectivity index (χ4n) is 1.81. The number of hydrogen-bond donors (Lipinski definition) is 2. The smallest absolute Gasteiger partial charge is 0.117 e. The van der Waals surface area contributed by atoms with Gasteiger partial charge in [-0.2, -0.15) is 15.4 Å². The molecule has 3 aromatic rings. The van der Waals surface area contributed by atoms with E-state index in [2.05, 4.69) is 20.8 Å². The molecular formula is C13H13N5. The third-order valence-corrected chi connectivity index (χ3v) is 2.70. The zero-order chi connectivity index (χ0) is 12.2. The standard InChI is InChI=1S/C13H13N5/c1-2-6-11(7-3-1)13-12(15-17-16-13)10-14-18-8-4-5-9-18/h1-9,14H,10H2,(H,15,16,17). The maximum Gasteiger partial charge on any atom is 0.117 e. The van der Waals surface area contributed by atoms with Crippen molar-refractivity contribution in [3.63, 3.8) is 0 Å². The normalized spacial score (nSPS) is 10.4. The van der Waals surface area contributed by atoms with Crippen molar-refractivity contribution < 1.29 is 0 Å². The number of H-pyrrole nitrogens is 1. The van der Waals surface area contributed by atoms with Gasteiger partial charge in [0.2, 0.25) is 0 Å². The molecule has 0 saturated heterocycles. The van der Waals surface area contributed by atoms with Crippen LogP contribution in [0.4, 0.5) is 0 Å². The largest absolute Gasteiger partial charge is 0.320 e. The van der Waals surface area contributed by atoms with Crippen LogP contribution in [0.2, 0.25) is 0 Å². The lowest BCUT2D eigenvalue weighted by molar-refractivity contribution is 0.819. The summed E-state index contributed by atoms with van der Waals surface area (Å²) in [5, 5.41) is 11.1. The summed E-state index contributed by atoms with van der Waals surface area (Å²) in [7, 11) is 0. The predicted molar refractivity (Wildman–Crippen MR) is 69.3 cm³/mol. The minimum atomic E-state index is 0.620. The van der Waals surface area contributed by atoms with Gasteiger partial charge in [0, 0.05) is 18.0 Å². The van der Waals surface area contributed by atoms with E-state index in [1.54, 1.807) is 0 Å². The minimum absolute atomic E-state index is 0.620. The Kier molecular flexibility index (Phi) is 2.79. The van der Waals surface area contributed by atoms with E-state index in [1.165, 1.54) is 0 Å². The van der Waals surface area contributed by atoms with Crippen LogP contribution in [0.25, 0.3) is 11.3 Å². The first-order valence-corrected chi connectivity index (χ1v) is 5.75. The third-order valence-electron chi connectivity index (χ3n) is 2.70. The first kappa shape index (κ1) is 10.6. The van der Waals surface area contributed by atoms with E-state index < -0.39 is 0 Å². The third kappa shape index (κ3) is 2.10. The van der Waals surface area contributed by atoms with Crippen LogP contribution >= 0.6 is 0 Å². The number of nitrogens with one attached hydrogen (secondary N) is 2. The van der Waals surface area contributed by atoms with Crippen LogP contribution in [0.5, 0.6) is 0 Å². The summed E-state index contributed by atoms with van der Waals surface area (Å²) in [6.07, 6.45) is 3.89. The molecule has 3 rings (SSSR count). The fraction of sp³-hybridized carbons (Fsp3) is 0.0769. The molecule has 0 atom stereocenters. The highest BCUT2D eigenvalue weighted by atomic mass is 15.4. The van der Waals surface area contributed by atoms with Gasteiger partial charge in [-0.15, -0.1) is 0 Å². The van der Waals surface area contributed by atoms with E-state index in [1.807, 2.05) is 59.5 Å². The molecule has 0 amide bonds. The molecule has 1 aromatic carbocycles. The monoisotopic (exact) mass is 239 g/mol. The lowest BCUT2D eigenvalue weighted by Gasteiger charge is -2.06. The Balaban J connectivity index is 1.80. The zero-order valence-electron chi connectivity index (χ0n) is 9.74. The molecule has 2 heterocycles. The summed E-state index contributed by atoms with van der Waals surface area (Å²) in [6.45, 7) is 0.620. The fourth-order valence-corrected chi connectivity index (χ4v) is 1.81. The average Bonchev–Trinajstić information content (AvgIpc) is 3.09. The second kappa shape index (κ2) is 4.75. The quantitative estimate of drug-likeness (QED) is 0.732. The Hall–Kier alpha value is -2.56. The van der Waals surface area contributed by atoms with E-state index in [0.717, 1.165) is 17.0 Å². The van der Waals surface area contributed by atoms with Crippen LogP contribution < -0.4 is 5.43 Å². The predicted octanol–water partition coefficient (Wildman–Crippen LogP) is 2.02. The molecule has 0 bridgehead atoms. The number of aromatic amines is 1. The molecule has 0 fully saturated rings. The van der Waals surface area contributed by atoms with Gasteiger partial charge >= 0.3 is 0 Å². The van der Waals surface area contributed by atoms with Gasteiger partial charge in [0.25, 0.3) is 0 Å². The highest BCUT2D eigenvalue weighted by Crippen LogP contribution is 2.18. The second-order valence-electron chi connectivity index (χ2n) is 3.91. The van der Waals surface area contributed by atoms with Gasteiger partial charge in [-0.3, -0.25) is 4.68 Å². The van der Waals surface area contributed by atoms with Crippen molar-refractivity contribution in [3.8, 4) is 11.3 Å². The lowest BCUT2D eigenvalue weighted by atomic mass is 10.1. The molecule has 0 aliphatic carbocycles. The highest BCUT2D eigenvalue weighted by Gasteiger charge is 2.09. The average molecular weight is 239 g/mol. The van der Waals surface area contributed by atoms with Crippen molar-refractivity contribution in [1.82, 2.24) is 20.1 Å². The number of benzene rings is 1. The summed E-state index contributed by atoms with van der Waals surface area (Å²) in [5.74, 6) is 0. The van der Waals surface area contributed by atoms with E-state index in [4.69, 9.17) is 0 Å². The van der Waals surface area contributed by atoms with Crippen molar-refractivity contribution in [2.24, 2.45) is 0 Å².